The molecule has 1 fully saturated rings. The Balaban J connectivity index is 1.96. The number of piperidine rings is 1. The maximum Gasteiger partial charge on any atom is 0.217 e. The zero-order valence-electron chi connectivity index (χ0n) is 13.5. The molecule has 0 aliphatic carbocycles. The third-order valence-corrected chi connectivity index (χ3v) is 3.84. The Morgan fingerprint density at radius 1 is 1.43 bits per heavy atom. The van der Waals surface area contributed by atoms with E-state index in [0.717, 1.165) is 25.9 Å². The summed E-state index contributed by atoms with van der Waals surface area (Å²) in [5.74, 6) is 1.04. The molecule has 0 radical (unpaired) electrons. The first-order valence-electron chi connectivity index (χ1n) is 7.54. The zero-order valence-corrected chi connectivity index (χ0v) is 13.5. The number of nitrogens with one attached hydrogen (secondary N) is 1. The largest absolute Gasteiger partial charge is 0.493 e. The first-order valence-corrected chi connectivity index (χ1v) is 7.54. The molecule has 1 aromatic carbocycles. The van der Waals surface area contributed by atoms with Gasteiger partial charge in [-0.15, -0.1) is 0 Å². The number of carbonyl (C=O) groups is 1. The van der Waals surface area contributed by atoms with Crippen molar-refractivity contribution in [3.63, 3.8) is 0 Å². The van der Waals surface area contributed by atoms with Gasteiger partial charge in [0.05, 0.1) is 25.0 Å². The highest BCUT2D eigenvalue weighted by Crippen LogP contribution is 2.33. The van der Waals surface area contributed by atoms with Crippen molar-refractivity contribution in [2.24, 2.45) is 0 Å². The number of nitrogens with two attached hydrogens (primary N) is 1. The van der Waals surface area contributed by atoms with Crippen LogP contribution in [-0.2, 0) is 4.79 Å². The van der Waals surface area contributed by atoms with Gasteiger partial charge in [0.2, 0.25) is 5.91 Å². The molecule has 0 spiro atoms. The topological polar surface area (TPSA) is 101 Å². The Kier molecular flexibility index (Phi) is 5.66. The van der Waals surface area contributed by atoms with Gasteiger partial charge >= 0.3 is 0 Å². The predicted molar refractivity (Wildman–Crippen MR) is 86.0 cm³/mol. The average Bonchev–Trinajstić information content (AvgIpc) is 2.55. The maximum atomic E-state index is 10.9. The SMILES string of the molecule is COc1cc(N)c(C#N)cc1OC1CCN(CNC(C)=O)CC1. The van der Waals surface area contributed by atoms with Gasteiger partial charge in [0, 0.05) is 32.1 Å². The van der Waals surface area contributed by atoms with Crippen molar-refractivity contribution >= 4 is 11.6 Å². The van der Waals surface area contributed by atoms with Crippen molar-refractivity contribution in [3.05, 3.63) is 17.7 Å². The van der Waals surface area contributed by atoms with Gasteiger partial charge in [0.1, 0.15) is 12.2 Å². The number of likely N-dealkylation sites (tertiary alicyclic amines) is 1. The Bertz CT molecular complexity index is 604. The lowest BCUT2D eigenvalue weighted by atomic mass is 10.1. The minimum Gasteiger partial charge on any atom is -0.493 e. The minimum absolute atomic E-state index is 0.0287. The van der Waals surface area contributed by atoms with E-state index in [1.165, 1.54) is 6.92 Å². The molecule has 0 bridgehead atoms. The summed E-state index contributed by atoms with van der Waals surface area (Å²) in [4.78, 5) is 13.1. The number of hydrogen-bond acceptors (Lipinski definition) is 6. The van der Waals surface area contributed by atoms with Gasteiger partial charge in [-0.1, -0.05) is 0 Å². The second-order valence-corrected chi connectivity index (χ2v) is 5.53. The molecule has 7 heteroatoms. The van der Waals surface area contributed by atoms with E-state index in [2.05, 4.69) is 10.2 Å². The number of nitriles is 1. The van der Waals surface area contributed by atoms with Crippen LogP contribution in [0.2, 0.25) is 0 Å². The van der Waals surface area contributed by atoms with Gasteiger partial charge in [-0.2, -0.15) is 5.26 Å². The third-order valence-electron chi connectivity index (χ3n) is 3.84. The van der Waals surface area contributed by atoms with E-state index in [-0.39, 0.29) is 12.0 Å². The molecule has 1 aliphatic rings. The van der Waals surface area contributed by atoms with Crippen molar-refractivity contribution in [3.8, 4) is 17.6 Å². The standard InChI is InChI=1S/C16H22N4O3/c1-11(21)19-10-20-5-3-13(4-6-20)23-16-7-12(9-17)14(18)8-15(16)22-2/h7-8,13H,3-6,10,18H2,1-2H3,(H,19,21). The fourth-order valence-corrected chi connectivity index (χ4v) is 2.51. The summed E-state index contributed by atoms with van der Waals surface area (Å²) in [6.45, 7) is 3.75. The molecule has 23 heavy (non-hydrogen) atoms. The number of ether oxygens (including phenoxy) is 2. The van der Waals surface area contributed by atoms with Gasteiger partial charge in [-0.05, 0) is 12.8 Å². The van der Waals surface area contributed by atoms with Crippen molar-refractivity contribution in [1.29, 1.82) is 5.26 Å². The van der Waals surface area contributed by atoms with E-state index in [9.17, 15) is 4.79 Å². The predicted octanol–water partition coefficient (Wildman–Crippen LogP) is 1.09. The van der Waals surface area contributed by atoms with Crippen molar-refractivity contribution in [2.45, 2.75) is 25.9 Å². The molecule has 0 aromatic heterocycles. The van der Waals surface area contributed by atoms with E-state index >= 15 is 0 Å². The van der Waals surface area contributed by atoms with Crippen LogP contribution in [0, 0.1) is 11.3 Å². The van der Waals surface area contributed by atoms with Crippen LogP contribution in [0.15, 0.2) is 12.1 Å². The number of methoxy groups -OCH3 is 1. The molecular weight excluding hydrogens is 296 g/mol. The number of rotatable bonds is 5. The molecule has 7 nitrogen and oxygen atoms in total. The normalized spacial score (nSPS) is 15.7. The molecule has 1 aliphatic heterocycles. The lowest BCUT2D eigenvalue weighted by Gasteiger charge is -2.32. The van der Waals surface area contributed by atoms with E-state index in [4.69, 9.17) is 20.5 Å². The lowest BCUT2D eigenvalue weighted by molar-refractivity contribution is -0.119. The number of carbonyl (C=O) groups excluding carboxylic acids is 1. The molecule has 1 heterocycles. The lowest BCUT2D eigenvalue weighted by Crippen LogP contribution is -2.43. The van der Waals surface area contributed by atoms with Gasteiger partial charge in [-0.25, -0.2) is 0 Å². The first kappa shape index (κ1) is 16.9. The van der Waals surface area contributed by atoms with Crippen LogP contribution in [0.5, 0.6) is 11.5 Å². The Labute approximate surface area is 136 Å². The second kappa shape index (κ2) is 7.70. The fourth-order valence-electron chi connectivity index (χ4n) is 2.51. The summed E-state index contributed by atoms with van der Waals surface area (Å²) in [5.41, 5.74) is 6.54. The van der Waals surface area contributed by atoms with E-state index in [1.807, 2.05) is 6.07 Å². The summed E-state index contributed by atoms with van der Waals surface area (Å²) in [6.07, 6.45) is 1.73. The van der Waals surface area contributed by atoms with Crippen LogP contribution in [0.1, 0.15) is 25.3 Å². The minimum atomic E-state index is -0.0287. The molecule has 124 valence electrons. The van der Waals surface area contributed by atoms with Crippen LogP contribution >= 0.6 is 0 Å². The summed E-state index contributed by atoms with van der Waals surface area (Å²) in [6, 6.07) is 5.28. The summed E-state index contributed by atoms with van der Waals surface area (Å²) in [5, 5.41) is 11.9. The third kappa shape index (κ3) is 4.50. The van der Waals surface area contributed by atoms with Crippen molar-refractivity contribution < 1.29 is 14.3 Å². The molecule has 1 amide bonds. The highest BCUT2D eigenvalue weighted by molar-refractivity contribution is 5.72. The van der Waals surface area contributed by atoms with Gasteiger partial charge in [0.15, 0.2) is 11.5 Å². The number of benzene rings is 1. The average molecular weight is 318 g/mol. The number of amides is 1. The molecule has 1 saturated heterocycles. The molecule has 0 atom stereocenters. The van der Waals surface area contributed by atoms with Crippen LogP contribution in [0.4, 0.5) is 5.69 Å². The summed E-state index contributed by atoms with van der Waals surface area (Å²) >= 11 is 0. The van der Waals surface area contributed by atoms with E-state index in [1.54, 1.807) is 19.2 Å². The Morgan fingerprint density at radius 2 is 2.13 bits per heavy atom. The first-order chi connectivity index (χ1) is 11.0. The molecule has 0 saturated carbocycles. The molecular formula is C16H22N4O3. The van der Waals surface area contributed by atoms with Gasteiger partial charge in [-0.3, -0.25) is 9.69 Å². The maximum absolute atomic E-state index is 10.9. The van der Waals surface area contributed by atoms with Crippen LogP contribution in [0.25, 0.3) is 0 Å². The highest BCUT2D eigenvalue weighted by Gasteiger charge is 2.22. The quantitative estimate of drug-likeness (QED) is 0.788. The van der Waals surface area contributed by atoms with Gasteiger partial charge in [0.25, 0.3) is 0 Å². The molecule has 0 unspecified atom stereocenters. The number of nitrogen functional groups attached to an aromatic ring is 1. The van der Waals surface area contributed by atoms with Crippen molar-refractivity contribution in [1.82, 2.24) is 10.2 Å². The van der Waals surface area contributed by atoms with Crippen LogP contribution in [-0.4, -0.2) is 43.8 Å². The molecule has 2 rings (SSSR count). The fraction of sp³-hybridized carbons (Fsp3) is 0.500. The van der Waals surface area contributed by atoms with Crippen molar-refractivity contribution in [2.75, 3.05) is 32.6 Å². The number of hydrogen-bond donors (Lipinski definition) is 2. The Morgan fingerprint density at radius 3 is 2.70 bits per heavy atom. The molecule has 3 N–H and O–H groups in total. The number of nitrogens with zero attached hydrogens (tertiary/aromatic N) is 2. The van der Waals surface area contributed by atoms with E-state index < -0.39 is 0 Å². The summed E-state index contributed by atoms with van der Waals surface area (Å²) < 4.78 is 11.3. The van der Waals surface area contributed by atoms with Crippen LogP contribution < -0.4 is 20.5 Å². The van der Waals surface area contributed by atoms with Crippen LogP contribution in [0.3, 0.4) is 0 Å². The molecule has 1 aromatic rings. The van der Waals surface area contributed by atoms with E-state index in [0.29, 0.717) is 29.4 Å². The second-order valence-electron chi connectivity index (χ2n) is 5.53. The van der Waals surface area contributed by atoms with Gasteiger partial charge < -0.3 is 20.5 Å². The highest BCUT2D eigenvalue weighted by atomic mass is 16.5. The Hall–Kier alpha value is -2.46. The monoisotopic (exact) mass is 318 g/mol. The summed E-state index contributed by atoms with van der Waals surface area (Å²) in [7, 11) is 1.55. The number of anilines is 1. The zero-order chi connectivity index (χ0) is 16.8. The smallest absolute Gasteiger partial charge is 0.217 e.